The molecule has 2 aromatic rings. The summed E-state index contributed by atoms with van der Waals surface area (Å²) in [5, 5.41) is 20.7. The van der Waals surface area contributed by atoms with Crippen LogP contribution in [0.4, 0.5) is 0 Å². The fourth-order valence-corrected chi connectivity index (χ4v) is 3.28. The smallest absolute Gasteiger partial charge is 0.311 e. The van der Waals surface area contributed by atoms with Gasteiger partial charge in [-0.1, -0.05) is 55.9 Å². The average molecular weight is 376 g/mol. The molecule has 0 aliphatic rings. The Morgan fingerprint density at radius 3 is 2.50 bits per heavy atom. The lowest BCUT2D eigenvalue weighted by molar-refractivity contribution is -0.136. The summed E-state index contributed by atoms with van der Waals surface area (Å²) in [5.41, 5.74) is 1.02. The number of aromatic nitrogens is 3. The van der Waals surface area contributed by atoms with E-state index in [1.165, 1.54) is 11.8 Å². The molecule has 0 bridgehead atoms. The minimum absolute atomic E-state index is 0.0576. The van der Waals surface area contributed by atoms with E-state index in [4.69, 9.17) is 5.11 Å². The van der Waals surface area contributed by atoms with Crippen LogP contribution < -0.4 is 5.32 Å². The van der Waals surface area contributed by atoms with Gasteiger partial charge in [0.15, 0.2) is 5.16 Å². The highest BCUT2D eigenvalue weighted by atomic mass is 32.2. The fraction of sp³-hybridized carbons (Fsp3) is 0.444. The van der Waals surface area contributed by atoms with Gasteiger partial charge in [0.25, 0.3) is 0 Å². The van der Waals surface area contributed by atoms with Crippen LogP contribution in [0.2, 0.25) is 0 Å². The minimum Gasteiger partial charge on any atom is -0.481 e. The molecule has 0 atom stereocenters. The van der Waals surface area contributed by atoms with Crippen LogP contribution in [0.15, 0.2) is 35.5 Å². The molecule has 1 aromatic heterocycles. The number of hydrogen-bond acceptors (Lipinski definition) is 5. The maximum atomic E-state index is 12.1. The Hall–Kier alpha value is -2.35. The molecule has 0 saturated carbocycles. The lowest BCUT2D eigenvalue weighted by Crippen LogP contribution is -2.35. The van der Waals surface area contributed by atoms with E-state index < -0.39 is 5.97 Å². The number of nitrogens with one attached hydrogen (secondary N) is 1. The molecule has 2 N–H and O–H groups in total. The van der Waals surface area contributed by atoms with Gasteiger partial charge in [0.2, 0.25) is 5.91 Å². The van der Waals surface area contributed by atoms with E-state index in [-0.39, 0.29) is 24.1 Å². The summed E-state index contributed by atoms with van der Waals surface area (Å²) in [5.74, 6) is -0.423. The van der Waals surface area contributed by atoms with Crippen LogP contribution in [0, 0.1) is 0 Å². The average Bonchev–Trinajstić information content (AvgIpc) is 2.99. The number of benzene rings is 1. The molecule has 140 valence electrons. The summed E-state index contributed by atoms with van der Waals surface area (Å²) in [7, 11) is 0. The monoisotopic (exact) mass is 376 g/mol. The van der Waals surface area contributed by atoms with Crippen LogP contribution in [0.3, 0.4) is 0 Å². The molecule has 0 spiro atoms. The van der Waals surface area contributed by atoms with Crippen molar-refractivity contribution in [2.45, 2.75) is 50.9 Å². The first-order valence-electron chi connectivity index (χ1n) is 8.63. The van der Waals surface area contributed by atoms with Gasteiger partial charge in [-0.05, 0) is 18.4 Å². The van der Waals surface area contributed by atoms with E-state index in [0.29, 0.717) is 17.5 Å². The second-order valence-corrected chi connectivity index (χ2v) is 6.85. The SMILES string of the molecule is CCC(CC)NC(=O)CSc1nnc(CC(=O)O)n1Cc1ccccc1. The highest BCUT2D eigenvalue weighted by Crippen LogP contribution is 2.19. The Morgan fingerprint density at radius 1 is 1.19 bits per heavy atom. The van der Waals surface area contributed by atoms with Crippen LogP contribution in [0.5, 0.6) is 0 Å². The maximum Gasteiger partial charge on any atom is 0.311 e. The molecular formula is C18H24N4O3S. The third-order valence-corrected chi connectivity index (χ3v) is 4.94. The molecule has 7 nitrogen and oxygen atoms in total. The van der Waals surface area contributed by atoms with Gasteiger partial charge in [-0.25, -0.2) is 0 Å². The molecule has 0 saturated heterocycles. The van der Waals surface area contributed by atoms with Gasteiger partial charge in [-0.3, -0.25) is 9.59 Å². The van der Waals surface area contributed by atoms with E-state index in [9.17, 15) is 9.59 Å². The highest BCUT2D eigenvalue weighted by molar-refractivity contribution is 7.99. The number of hydrogen-bond donors (Lipinski definition) is 2. The van der Waals surface area contributed by atoms with E-state index in [1.807, 2.05) is 44.2 Å². The number of carboxylic acids is 1. The topological polar surface area (TPSA) is 97.1 Å². The molecule has 0 radical (unpaired) electrons. The largest absolute Gasteiger partial charge is 0.481 e. The zero-order valence-electron chi connectivity index (χ0n) is 15.0. The minimum atomic E-state index is -0.963. The van der Waals surface area contributed by atoms with Crippen molar-refractivity contribution in [2.24, 2.45) is 0 Å². The molecule has 0 aliphatic heterocycles. The van der Waals surface area contributed by atoms with Crippen molar-refractivity contribution in [1.82, 2.24) is 20.1 Å². The molecule has 1 aromatic carbocycles. The van der Waals surface area contributed by atoms with Gasteiger partial charge in [0.05, 0.1) is 12.3 Å². The predicted molar refractivity (Wildman–Crippen MR) is 100 cm³/mol. The third-order valence-electron chi connectivity index (χ3n) is 3.97. The Balaban J connectivity index is 2.10. The normalized spacial score (nSPS) is 10.9. The number of carbonyl (C=O) groups excluding carboxylic acids is 1. The van der Waals surface area contributed by atoms with Crippen molar-refractivity contribution in [3.05, 3.63) is 41.7 Å². The van der Waals surface area contributed by atoms with Crippen LogP contribution >= 0.6 is 11.8 Å². The second-order valence-electron chi connectivity index (χ2n) is 5.91. The molecule has 1 amide bonds. The van der Waals surface area contributed by atoms with Crippen molar-refractivity contribution in [3.8, 4) is 0 Å². The fourth-order valence-electron chi connectivity index (χ4n) is 2.51. The lowest BCUT2D eigenvalue weighted by atomic mass is 10.2. The van der Waals surface area contributed by atoms with E-state index >= 15 is 0 Å². The molecule has 8 heteroatoms. The van der Waals surface area contributed by atoms with Crippen molar-refractivity contribution in [3.63, 3.8) is 0 Å². The number of carboxylic acid groups (broad SMARTS) is 1. The highest BCUT2D eigenvalue weighted by Gasteiger charge is 2.17. The van der Waals surface area contributed by atoms with Gasteiger partial charge in [0.1, 0.15) is 12.2 Å². The van der Waals surface area contributed by atoms with E-state index in [2.05, 4.69) is 15.5 Å². The van der Waals surface area contributed by atoms with Crippen molar-refractivity contribution in [1.29, 1.82) is 0 Å². The summed E-state index contributed by atoms with van der Waals surface area (Å²) in [4.78, 5) is 23.2. The van der Waals surface area contributed by atoms with Gasteiger partial charge < -0.3 is 15.0 Å². The summed E-state index contributed by atoms with van der Waals surface area (Å²) in [6.45, 7) is 4.54. The molecule has 1 heterocycles. The van der Waals surface area contributed by atoms with Gasteiger partial charge in [0, 0.05) is 6.04 Å². The summed E-state index contributed by atoms with van der Waals surface area (Å²) >= 11 is 1.27. The molecule has 0 aliphatic carbocycles. The summed E-state index contributed by atoms with van der Waals surface area (Å²) < 4.78 is 1.76. The van der Waals surface area contributed by atoms with E-state index in [1.54, 1.807) is 4.57 Å². The zero-order valence-corrected chi connectivity index (χ0v) is 15.8. The van der Waals surface area contributed by atoms with Crippen LogP contribution in [0.25, 0.3) is 0 Å². The Morgan fingerprint density at radius 2 is 1.88 bits per heavy atom. The molecular weight excluding hydrogens is 352 g/mol. The third kappa shape index (κ3) is 5.87. The number of nitrogens with zero attached hydrogens (tertiary/aromatic N) is 3. The first-order chi connectivity index (χ1) is 12.5. The number of carbonyl (C=O) groups is 2. The number of thioether (sulfide) groups is 1. The Kier molecular flexibility index (Phi) is 7.65. The van der Waals surface area contributed by atoms with Crippen molar-refractivity contribution < 1.29 is 14.7 Å². The van der Waals surface area contributed by atoms with Gasteiger partial charge >= 0.3 is 5.97 Å². The Bertz CT molecular complexity index is 729. The van der Waals surface area contributed by atoms with Gasteiger partial charge in [-0.15, -0.1) is 10.2 Å². The molecule has 0 unspecified atom stereocenters. The number of rotatable bonds is 10. The van der Waals surface area contributed by atoms with Crippen LogP contribution in [0.1, 0.15) is 38.1 Å². The molecule has 2 rings (SSSR count). The number of amides is 1. The van der Waals surface area contributed by atoms with Crippen LogP contribution in [-0.2, 0) is 22.6 Å². The number of aliphatic carboxylic acids is 1. The zero-order chi connectivity index (χ0) is 18.9. The molecule has 0 fully saturated rings. The quantitative estimate of drug-likeness (QED) is 0.618. The Labute approximate surface area is 157 Å². The predicted octanol–water partition coefficient (Wildman–Crippen LogP) is 2.35. The van der Waals surface area contributed by atoms with Crippen LogP contribution in [-0.4, -0.2) is 43.5 Å². The van der Waals surface area contributed by atoms with Gasteiger partial charge in [-0.2, -0.15) is 0 Å². The first-order valence-corrected chi connectivity index (χ1v) is 9.62. The lowest BCUT2D eigenvalue weighted by Gasteiger charge is -2.14. The first kappa shape index (κ1) is 20.0. The van der Waals surface area contributed by atoms with E-state index in [0.717, 1.165) is 18.4 Å². The van der Waals surface area contributed by atoms with Crippen molar-refractivity contribution >= 4 is 23.6 Å². The summed E-state index contributed by atoms with van der Waals surface area (Å²) in [6, 6.07) is 9.86. The molecule has 26 heavy (non-hydrogen) atoms. The standard InChI is InChI=1S/C18H24N4O3S/c1-3-14(4-2)19-16(23)12-26-18-21-20-15(10-17(24)25)22(18)11-13-8-6-5-7-9-13/h5-9,14H,3-4,10-12H2,1-2H3,(H,19,23)(H,24,25). The van der Waals surface area contributed by atoms with Crippen molar-refractivity contribution in [2.75, 3.05) is 5.75 Å². The summed E-state index contributed by atoms with van der Waals surface area (Å²) in [6.07, 6.45) is 1.57. The maximum absolute atomic E-state index is 12.1. The second kappa shape index (κ2) is 9.96.